The summed E-state index contributed by atoms with van der Waals surface area (Å²) in [4.78, 5) is 23.4. The highest BCUT2D eigenvalue weighted by atomic mass is 16.5. The van der Waals surface area contributed by atoms with E-state index in [1.807, 2.05) is 42.2 Å². The molecule has 5 aromatic rings. The van der Waals surface area contributed by atoms with E-state index in [0.717, 1.165) is 16.8 Å². The first-order chi connectivity index (χ1) is 19.5. The predicted molar refractivity (Wildman–Crippen MR) is 151 cm³/mol. The van der Waals surface area contributed by atoms with Gasteiger partial charge in [-0.3, -0.25) is 9.48 Å². The van der Waals surface area contributed by atoms with Crippen LogP contribution < -0.4 is 10.2 Å². The first kappa shape index (κ1) is 25.5. The molecule has 1 aromatic carbocycles. The zero-order valence-corrected chi connectivity index (χ0v) is 22.5. The average Bonchev–Trinajstić information content (AvgIpc) is 3.71. The van der Waals surface area contributed by atoms with E-state index in [2.05, 4.69) is 47.0 Å². The molecule has 6 rings (SSSR count). The Hall–Kier alpha value is -4.77. The van der Waals surface area contributed by atoms with Gasteiger partial charge in [0.2, 0.25) is 5.91 Å². The van der Waals surface area contributed by atoms with E-state index in [9.17, 15) is 4.79 Å². The number of ether oxygens (including phenoxy) is 1. The summed E-state index contributed by atoms with van der Waals surface area (Å²) in [5.41, 5.74) is 6.14. The molecular formula is C29H30N8O3. The Balaban J connectivity index is 1.36. The molecule has 1 saturated heterocycles. The van der Waals surface area contributed by atoms with Crippen molar-refractivity contribution >= 4 is 22.8 Å². The molecule has 1 aliphatic rings. The summed E-state index contributed by atoms with van der Waals surface area (Å²) < 4.78 is 15.5. The second kappa shape index (κ2) is 10.8. The van der Waals surface area contributed by atoms with Gasteiger partial charge in [0, 0.05) is 43.2 Å². The van der Waals surface area contributed by atoms with Crippen molar-refractivity contribution in [3.05, 3.63) is 72.7 Å². The van der Waals surface area contributed by atoms with Crippen LogP contribution in [0.1, 0.15) is 11.3 Å². The van der Waals surface area contributed by atoms with Gasteiger partial charge in [0.05, 0.1) is 26.0 Å². The molecule has 1 N–H and O–H groups in total. The van der Waals surface area contributed by atoms with Crippen LogP contribution in [0.2, 0.25) is 0 Å². The number of rotatable bonds is 8. The normalized spacial score (nSPS) is 13.6. The molecule has 0 unspecified atom stereocenters. The maximum Gasteiger partial charge on any atom is 0.253 e. The zero-order chi connectivity index (χ0) is 27.6. The molecule has 1 aliphatic heterocycles. The minimum Gasteiger partial charge on any atom is -0.449 e. The summed E-state index contributed by atoms with van der Waals surface area (Å²) in [5.74, 6) is 1.54. The van der Waals surface area contributed by atoms with Gasteiger partial charge in [0.1, 0.15) is 11.2 Å². The van der Waals surface area contributed by atoms with Crippen molar-refractivity contribution in [2.24, 2.45) is 0 Å². The topological polar surface area (TPSA) is 116 Å². The summed E-state index contributed by atoms with van der Waals surface area (Å²) >= 11 is 0. The summed E-state index contributed by atoms with van der Waals surface area (Å²) in [6.45, 7) is 11.1. The van der Waals surface area contributed by atoms with E-state index in [1.165, 1.54) is 11.6 Å². The minimum absolute atomic E-state index is 0.212. The number of fused-ring (bicyclic) bond motifs is 1. The number of carbonyl (C=O) groups is 1. The van der Waals surface area contributed by atoms with Crippen LogP contribution in [0.25, 0.3) is 39.6 Å². The third-order valence-electron chi connectivity index (χ3n) is 6.83. The van der Waals surface area contributed by atoms with Gasteiger partial charge in [-0.05, 0) is 31.6 Å². The molecular weight excluding hydrogens is 508 g/mol. The van der Waals surface area contributed by atoms with E-state index in [-0.39, 0.29) is 5.91 Å². The van der Waals surface area contributed by atoms with Crippen LogP contribution in [0.5, 0.6) is 0 Å². The maximum absolute atomic E-state index is 11.5. The van der Waals surface area contributed by atoms with Crippen LogP contribution in [0.15, 0.2) is 65.9 Å². The molecule has 4 aromatic heterocycles. The number of nitrogens with one attached hydrogen (secondary N) is 1. The van der Waals surface area contributed by atoms with E-state index >= 15 is 0 Å². The summed E-state index contributed by atoms with van der Waals surface area (Å²) in [5, 5.41) is 12.1. The highest BCUT2D eigenvalue weighted by Crippen LogP contribution is 2.33. The number of hydrogen-bond donors (Lipinski definition) is 1. The van der Waals surface area contributed by atoms with Gasteiger partial charge in [-0.1, -0.05) is 36.4 Å². The Labute approximate surface area is 231 Å². The number of hydrogen-bond acceptors (Lipinski definition) is 8. The summed E-state index contributed by atoms with van der Waals surface area (Å²) in [7, 11) is 0. The zero-order valence-electron chi connectivity index (χ0n) is 22.5. The van der Waals surface area contributed by atoms with Crippen LogP contribution >= 0.6 is 0 Å². The lowest BCUT2D eigenvalue weighted by Crippen LogP contribution is -2.37. The van der Waals surface area contributed by atoms with E-state index in [4.69, 9.17) is 24.2 Å². The maximum atomic E-state index is 11.5. The number of aryl methyl sites for hydroxylation is 2. The number of anilines is 1. The fraction of sp³-hybridized carbons (Fsp3) is 0.276. The van der Waals surface area contributed by atoms with Crippen LogP contribution in [0, 0.1) is 13.8 Å². The molecule has 0 bridgehead atoms. The highest BCUT2D eigenvalue weighted by molar-refractivity contribution is 5.88. The molecule has 11 heteroatoms. The van der Waals surface area contributed by atoms with Gasteiger partial charge in [-0.2, -0.15) is 15.2 Å². The largest absolute Gasteiger partial charge is 0.449 e. The lowest BCUT2D eigenvalue weighted by atomic mass is 10.1. The lowest BCUT2D eigenvalue weighted by Gasteiger charge is -2.27. The molecule has 1 fully saturated rings. The van der Waals surface area contributed by atoms with Crippen LogP contribution in [-0.4, -0.2) is 68.3 Å². The second-order valence-corrected chi connectivity index (χ2v) is 9.70. The number of morpholine rings is 1. The number of aromatic nitrogens is 6. The van der Waals surface area contributed by atoms with Crippen LogP contribution in [0.4, 0.5) is 5.82 Å². The molecule has 0 atom stereocenters. The van der Waals surface area contributed by atoms with Crippen LogP contribution in [-0.2, 0) is 16.1 Å². The highest BCUT2D eigenvalue weighted by Gasteiger charge is 2.23. The van der Waals surface area contributed by atoms with Gasteiger partial charge < -0.3 is 19.4 Å². The molecule has 11 nitrogen and oxygen atoms in total. The fourth-order valence-corrected chi connectivity index (χ4v) is 4.74. The summed E-state index contributed by atoms with van der Waals surface area (Å²) in [6, 6.07) is 12.1. The van der Waals surface area contributed by atoms with Gasteiger partial charge in [-0.15, -0.1) is 0 Å². The van der Waals surface area contributed by atoms with Crippen molar-refractivity contribution < 1.29 is 13.9 Å². The molecule has 0 aliphatic carbocycles. The Morgan fingerprint density at radius 2 is 1.98 bits per heavy atom. The van der Waals surface area contributed by atoms with Crippen molar-refractivity contribution in [1.82, 2.24) is 34.8 Å². The Kier molecular flexibility index (Phi) is 6.87. The van der Waals surface area contributed by atoms with Gasteiger partial charge in [-0.25, -0.2) is 9.67 Å². The minimum atomic E-state index is -0.212. The number of furan rings is 1. The first-order valence-electron chi connectivity index (χ1n) is 13.2. The average molecular weight is 539 g/mol. The van der Waals surface area contributed by atoms with Crippen LogP contribution in [0.3, 0.4) is 0 Å². The van der Waals surface area contributed by atoms with Gasteiger partial charge >= 0.3 is 0 Å². The van der Waals surface area contributed by atoms with Crippen molar-refractivity contribution in [1.29, 1.82) is 0 Å². The van der Waals surface area contributed by atoms with Crippen molar-refractivity contribution in [3.8, 4) is 28.5 Å². The van der Waals surface area contributed by atoms with E-state index < -0.39 is 0 Å². The van der Waals surface area contributed by atoms with E-state index in [0.29, 0.717) is 73.7 Å². The number of nitrogens with zero attached hydrogens (tertiary/aromatic N) is 7. The lowest BCUT2D eigenvalue weighted by molar-refractivity contribution is -0.116. The standard InChI is InChI=1S/C29H30N8O3/c1-4-26(38)30-8-9-36-20(3)15-23(34-36)25-16-24-27(40-25)28(35-10-12-39-13-11-35)33-29(32-24)37-18-22(17-31-37)21-7-5-6-19(2)14-21/h4-7,14-18H,1,8-13H2,2-3H3,(H,30,38). The SMILES string of the molecule is C=CC(=O)NCCn1nc(-c2cc3nc(-n4cc(-c5cccc(C)c5)cn4)nc(N4CCOCC4)c3o2)cc1C. The van der Waals surface area contributed by atoms with Crippen molar-refractivity contribution in [3.63, 3.8) is 0 Å². The number of carbonyl (C=O) groups excluding carboxylic acids is 1. The van der Waals surface area contributed by atoms with Gasteiger partial charge in [0.25, 0.3) is 5.95 Å². The fourth-order valence-electron chi connectivity index (χ4n) is 4.74. The quantitative estimate of drug-likeness (QED) is 0.298. The first-order valence-corrected chi connectivity index (χ1v) is 13.2. The van der Waals surface area contributed by atoms with Crippen molar-refractivity contribution in [2.45, 2.75) is 20.4 Å². The second-order valence-electron chi connectivity index (χ2n) is 9.70. The smallest absolute Gasteiger partial charge is 0.253 e. The molecule has 204 valence electrons. The Morgan fingerprint density at radius 3 is 2.77 bits per heavy atom. The molecule has 0 spiro atoms. The molecule has 40 heavy (non-hydrogen) atoms. The summed E-state index contributed by atoms with van der Waals surface area (Å²) in [6.07, 6.45) is 5.02. The Bertz CT molecular complexity index is 1690. The van der Waals surface area contributed by atoms with Crippen molar-refractivity contribution in [2.75, 3.05) is 37.7 Å². The molecule has 1 amide bonds. The number of amides is 1. The number of benzene rings is 1. The monoisotopic (exact) mass is 538 g/mol. The Morgan fingerprint density at radius 1 is 1.12 bits per heavy atom. The molecule has 5 heterocycles. The van der Waals surface area contributed by atoms with E-state index in [1.54, 1.807) is 4.68 Å². The molecule has 0 radical (unpaired) electrons. The van der Waals surface area contributed by atoms with Gasteiger partial charge in [0.15, 0.2) is 17.2 Å². The third kappa shape index (κ3) is 5.10. The molecule has 0 saturated carbocycles. The predicted octanol–water partition coefficient (Wildman–Crippen LogP) is 3.69. The third-order valence-corrected chi connectivity index (χ3v) is 6.83.